The van der Waals surface area contributed by atoms with Crippen LogP contribution >= 0.6 is 0 Å². The van der Waals surface area contributed by atoms with Crippen molar-refractivity contribution in [3.8, 4) is 0 Å². The van der Waals surface area contributed by atoms with E-state index in [2.05, 4.69) is 9.97 Å². The van der Waals surface area contributed by atoms with Gasteiger partial charge in [-0.15, -0.1) is 0 Å². The van der Waals surface area contributed by atoms with Crippen molar-refractivity contribution in [1.82, 2.24) is 19.1 Å². The van der Waals surface area contributed by atoms with E-state index in [0.29, 0.717) is 36.7 Å². The van der Waals surface area contributed by atoms with E-state index in [4.69, 9.17) is 4.74 Å². The molecule has 1 fully saturated rings. The maximum atomic E-state index is 12.6. The number of nitrogens with zero attached hydrogens (tertiary/aromatic N) is 3. The highest BCUT2D eigenvalue weighted by Crippen LogP contribution is 2.27. The smallest absolute Gasteiger partial charge is 0.332 e. The van der Waals surface area contributed by atoms with E-state index in [1.165, 1.54) is 4.57 Å². The van der Waals surface area contributed by atoms with Crippen LogP contribution in [0.3, 0.4) is 0 Å². The predicted octanol–water partition coefficient (Wildman–Crippen LogP) is 1.56. The Balaban J connectivity index is 2.23. The minimum atomic E-state index is -0.286. The van der Waals surface area contributed by atoms with Crippen molar-refractivity contribution < 1.29 is 4.74 Å². The molecule has 0 aliphatic carbocycles. The maximum Gasteiger partial charge on any atom is 0.332 e. The Bertz CT molecular complexity index is 780. The van der Waals surface area contributed by atoms with Crippen LogP contribution in [0, 0.1) is 0 Å². The lowest BCUT2D eigenvalue weighted by Crippen LogP contribution is -2.40. The number of H-pyrrole nitrogens is 1. The van der Waals surface area contributed by atoms with Crippen LogP contribution in [0.15, 0.2) is 9.59 Å². The van der Waals surface area contributed by atoms with Gasteiger partial charge in [-0.3, -0.25) is 13.9 Å². The molecule has 0 saturated carbocycles. The molecule has 1 N–H and O–H groups in total. The van der Waals surface area contributed by atoms with Gasteiger partial charge in [-0.25, -0.2) is 9.78 Å². The van der Waals surface area contributed by atoms with Crippen LogP contribution in [0.4, 0.5) is 0 Å². The van der Waals surface area contributed by atoms with Gasteiger partial charge in [-0.1, -0.05) is 13.8 Å². The molecule has 0 amide bonds. The third kappa shape index (κ3) is 2.39. The molecule has 3 rings (SSSR count). The molecule has 0 aromatic carbocycles. The summed E-state index contributed by atoms with van der Waals surface area (Å²) in [7, 11) is 0. The molecule has 0 spiro atoms. The van der Waals surface area contributed by atoms with Crippen LogP contribution in [0.25, 0.3) is 11.2 Å². The Labute approximate surface area is 127 Å². The number of aryl methyl sites for hydroxylation is 1. The summed E-state index contributed by atoms with van der Waals surface area (Å²) in [4.78, 5) is 32.7. The molecule has 1 unspecified atom stereocenters. The molecule has 0 bridgehead atoms. The number of imidazole rings is 1. The lowest BCUT2D eigenvalue weighted by atomic mass is 10.2. The van der Waals surface area contributed by atoms with E-state index < -0.39 is 0 Å². The highest BCUT2D eigenvalue weighted by Gasteiger charge is 2.24. The Morgan fingerprint density at radius 2 is 1.95 bits per heavy atom. The number of aromatic amines is 1. The normalized spacial score (nSPS) is 18.4. The SMILES string of the molecule is CCCn1c(=O)c2[nH]c(C3CCCO3)nc2n(CCC)c1=O. The fraction of sp³-hybridized carbons (Fsp3) is 0.667. The Kier molecular flexibility index (Phi) is 4.15. The summed E-state index contributed by atoms with van der Waals surface area (Å²) in [6, 6.07) is 0. The maximum absolute atomic E-state index is 12.6. The molecule has 22 heavy (non-hydrogen) atoms. The second-order valence-corrected chi connectivity index (χ2v) is 5.71. The van der Waals surface area contributed by atoms with E-state index in [9.17, 15) is 9.59 Å². The summed E-state index contributed by atoms with van der Waals surface area (Å²) < 4.78 is 8.53. The van der Waals surface area contributed by atoms with Crippen molar-refractivity contribution in [2.75, 3.05) is 6.61 Å². The predicted molar refractivity (Wildman–Crippen MR) is 83.1 cm³/mol. The summed E-state index contributed by atoms with van der Waals surface area (Å²) in [5.74, 6) is 0.656. The summed E-state index contributed by atoms with van der Waals surface area (Å²) in [6.45, 7) is 5.64. The van der Waals surface area contributed by atoms with Gasteiger partial charge >= 0.3 is 5.69 Å². The second kappa shape index (κ2) is 6.08. The topological polar surface area (TPSA) is 81.9 Å². The van der Waals surface area contributed by atoms with Crippen LogP contribution in [0.5, 0.6) is 0 Å². The second-order valence-electron chi connectivity index (χ2n) is 5.71. The zero-order chi connectivity index (χ0) is 15.7. The molecule has 1 atom stereocenters. The summed E-state index contributed by atoms with van der Waals surface area (Å²) in [5, 5.41) is 0. The van der Waals surface area contributed by atoms with Crippen LogP contribution in [0.1, 0.15) is 51.5 Å². The molecule has 7 nitrogen and oxygen atoms in total. The van der Waals surface area contributed by atoms with Gasteiger partial charge in [0.15, 0.2) is 5.65 Å². The molecule has 1 aliphatic heterocycles. The van der Waals surface area contributed by atoms with Gasteiger partial charge in [0.25, 0.3) is 5.56 Å². The first-order valence-corrected chi connectivity index (χ1v) is 8.02. The lowest BCUT2D eigenvalue weighted by Gasteiger charge is -2.09. The molecule has 0 radical (unpaired) electrons. The molecule has 2 aromatic heterocycles. The molecular formula is C15H22N4O3. The molecule has 1 aliphatic rings. The minimum absolute atomic E-state index is 0.100. The molecule has 3 heterocycles. The van der Waals surface area contributed by atoms with Crippen molar-refractivity contribution in [3.63, 3.8) is 0 Å². The molecular weight excluding hydrogens is 284 g/mol. The fourth-order valence-corrected chi connectivity index (χ4v) is 2.98. The monoisotopic (exact) mass is 306 g/mol. The Morgan fingerprint density at radius 1 is 1.23 bits per heavy atom. The summed E-state index contributed by atoms with van der Waals surface area (Å²) >= 11 is 0. The van der Waals surface area contributed by atoms with Crippen molar-refractivity contribution in [2.24, 2.45) is 0 Å². The van der Waals surface area contributed by atoms with E-state index in [0.717, 1.165) is 25.7 Å². The Morgan fingerprint density at radius 3 is 2.59 bits per heavy atom. The largest absolute Gasteiger partial charge is 0.370 e. The van der Waals surface area contributed by atoms with Crippen molar-refractivity contribution >= 4 is 11.2 Å². The summed E-state index contributed by atoms with van der Waals surface area (Å²) in [6.07, 6.45) is 3.32. The zero-order valence-electron chi connectivity index (χ0n) is 13.1. The number of nitrogens with one attached hydrogen (secondary N) is 1. The molecule has 2 aromatic rings. The van der Waals surface area contributed by atoms with Crippen LogP contribution in [-0.2, 0) is 17.8 Å². The van der Waals surface area contributed by atoms with Crippen molar-refractivity contribution in [1.29, 1.82) is 0 Å². The van der Waals surface area contributed by atoms with Gasteiger partial charge in [0.2, 0.25) is 0 Å². The van der Waals surface area contributed by atoms with E-state index in [1.807, 2.05) is 13.8 Å². The third-order valence-corrected chi connectivity index (χ3v) is 4.01. The third-order valence-electron chi connectivity index (χ3n) is 4.01. The quantitative estimate of drug-likeness (QED) is 0.909. The lowest BCUT2D eigenvalue weighted by molar-refractivity contribution is 0.106. The molecule has 120 valence electrons. The van der Waals surface area contributed by atoms with E-state index in [-0.39, 0.29) is 17.4 Å². The standard InChI is InChI=1S/C15H22N4O3/c1-3-7-18-13-11(14(20)19(8-4-2)15(18)21)16-12(17-13)10-6-5-9-22-10/h10H,3-9H2,1-2H3,(H,16,17). The van der Waals surface area contributed by atoms with Crippen LogP contribution < -0.4 is 11.2 Å². The zero-order valence-corrected chi connectivity index (χ0v) is 13.1. The van der Waals surface area contributed by atoms with Crippen molar-refractivity contribution in [2.45, 2.75) is 58.7 Å². The van der Waals surface area contributed by atoms with Gasteiger partial charge < -0.3 is 9.72 Å². The first-order valence-electron chi connectivity index (χ1n) is 8.02. The van der Waals surface area contributed by atoms with Gasteiger partial charge in [-0.05, 0) is 25.7 Å². The van der Waals surface area contributed by atoms with E-state index >= 15 is 0 Å². The van der Waals surface area contributed by atoms with Gasteiger partial charge in [0.05, 0.1) is 0 Å². The first kappa shape index (κ1) is 15.0. The van der Waals surface area contributed by atoms with Gasteiger partial charge in [0.1, 0.15) is 17.4 Å². The summed E-state index contributed by atoms with van der Waals surface area (Å²) in [5.41, 5.74) is 0.305. The minimum Gasteiger partial charge on any atom is -0.370 e. The van der Waals surface area contributed by atoms with Crippen LogP contribution in [-0.4, -0.2) is 25.7 Å². The average molecular weight is 306 g/mol. The van der Waals surface area contributed by atoms with Crippen molar-refractivity contribution in [3.05, 3.63) is 26.7 Å². The average Bonchev–Trinajstić information content (AvgIpc) is 3.16. The number of hydrogen-bond acceptors (Lipinski definition) is 4. The Hall–Kier alpha value is -1.89. The van der Waals surface area contributed by atoms with Gasteiger partial charge in [-0.2, -0.15) is 0 Å². The first-order chi connectivity index (χ1) is 10.7. The number of hydrogen-bond donors (Lipinski definition) is 1. The molecule has 7 heteroatoms. The van der Waals surface area contributed by atoms with Crippen LogP contribution in [0.2, 0.25) is 0 Å². The number of aromatic nitrogens is 4. The number of ether oxygens (including phenoxy) is 1. The fourth-order valence-electron chi connectivity index (χ4n) is 2.98. The highest BCUT2D eigenvalue weighted by molar-refractivity contribution is 5.70. The molecule has 1 saturated heterocycles. The van der Waals surface area contributed by atoms with E-state index in [1.54, 1.807) is 4.57 Å². The van der Waals surface area contributed by atoms with Gasteiger partial charge in [0, 0.05) is 19.7 Å². The highest BCUT2D eigenvalue weighted by atomic mass is 16.5. The number of fused-ring (bicyclic) bond motifs is 1. The number of rotatable bonds is 5.